The predicted molar refractivity (Wildman–Crippen MR) is 82.1 cm³/mol. The summed E-state index contributed by atoms with van der Waals surface area (Å²) in [4.78, 5) is 13.9. The van der Waals surface area contributed by atoms with Gasteiger partial charge in [0, 0.05) is 33.4 Å². The maximum absolute atomic E-state index is 12.0. The van der Waals surface area contributed by atoms with Crippen molar-refractivity contribution in [3.05, 3.63) is 0 Å². The molecular formula is C14H29ClN2O3. The molecule has 2 N–H and O–H groups in total. The molecule has 1 aliphatic heterocycles. The van der Waals surface area contributed by atoms with Crippen LogP contribution in [-0.2, 0) is 14.3 Å². The maximum atomic E-state index is 12.0. The number of ether oxygens (including phenoxy) is 2. The number of amides is 1. The fraction of sp³-hybridized carbons (Fsp3) is 0.929. The number of carbonyl (C=O) groups excluding carboxylic acids is 1. The van der Waals surface area contributed by atoms with Crippen LogP contribution in [0.25, 0.3) is 0 Å². The van der Waals surface area contributed by atoms with Crippen LogP contribution in [0.15, 0.2) is 0 Å². The van der Waals surface area contributed by atoms with E-state index in [9.17, 15) is 4.79 Å². The molecule has 0 radical (unpaired) electrons. The Kier molecular flexibility index (Phi) is 10.2. The lowest BCUT2D eigenvalue weighted by atomic mass is 10.1. The van der Waals surface area contributed by atoms with Crippen molar-refractivity contribution < 1.29 is 14.3 Å². The summed E-state index contributed by atoms with van der Waals surface area (Å²) < 4.78 is 10.9. The van der Waals surface area contributed by atoms with Crippen LogP contribution in [0.4, 0.5) is 0 Å². The Morgan fingerprint density at radius 2 is 2.15 bits per heavy atom. The highest BCUT2D eigenvalue weighted by molar-refractivity contribution is 5.85. The second-order valence-corrected chi connectivity index (χ2v) is 5.60. The van der Waals surface area contributed by atoms with Gasteiger partial charge in [-0.2, -0.15) is 0 Å². The Bertz CT molecular complexity index is 273. The first-order valence-electron chi connectivity index (χ1n) is 7.19. The second kappa shape index (κ2) is 10.4. The Morgan fingerprint density at radius 3 is 2.70 bits per heavy atom. The third kappa shape index (κ3) is 6.88. The lowest BCUT2D eigenvalue weighted by Crippen LogP contribution is -2.35. The van der Waals surface area contributed by atoms with Crippen molar-refractivity contribution in [2.75, 3.05) is 33.4 Å². The summed E-state index contributed by atoms with van der Waals surface area (Å²) >= 11 is 0. The zero-order valence-corrected chi connectivity index (χ0v) is 13.7. The van der Waals surface area contributed by atoms with E-state index in [-0.39, 0.29) is 30.5 Å². The van der Waals surface area contributed by atoms with E-state index in [4.69, 9.17) is 15.2 Å². The number of rotatable bonds is 8. The van der Waals surface area contributed by atoms with Gasteiger partial charge in [0.05, 0.1) is 18.6 Å². The minimum absolute atomic E-state index is 0. The first-order valence-corrected chi connectivity index (χ1v) is 7.19. The van der Waals surface area contributed by atoms with Gasteiger partial charge in [0.25, 0.3) is 0 Å². The SMILES string of the molecule is COC(CN)CC(=O)N1CCC(OCCC(C)C)C1.Cl. The van der Waals surface area contributed by atoms with E-state index in [0.29, 0.717) is 25.4 Å². The molecule has 1 fully saturated rings. The summed E-state index contributed by atoms with van der Waals surface area (Å²) in [5.74, 6) is 0.776. The zero-order chi connectivity index (χ0) is 14.3. The zero-order valence-electron chi connectivity index (χ0n) is 12.8. The van der Waals surface area contributed by atoms with E-state index >= 15 is 0 Å². The molecule has 1 heterocycles. The lowest BCUT2D eigenvalue weighted by Gasteiger charge is -2.20. The standard InChI is InChI=1S/C14H28N2O3.ClH/c1-11(2)5-7-19-12-4-6-16(10-12)14(17)8-13(9-15)18-3;/h11-13H,4-10,15H2,1-3H3;1H. The molecule has 2 unspecified atom stereocenters. The van der Waals surface area contributed by atoms with Gasteiger partial charge in [0.1, 0.15) is 0 Å². The van der Waals surface area contributed by atoms with Crippen molar-refractivity contribution in [3.63, 3.8) is 0 Å². The normalized spacial score (nSPS) is 20.1. The van der Waals surface area contributed by atoms with E-state index in [0.717, 1.165) is 26.0 Å². The van der Waals surface area contributed by atoms with Crippen molar-refractivity contribution in [1.29, 1.82) is 0 Å². The molecule has 0 aromatic carbocycles. The van der Waals surface area contributed by atoms with Crippen LogP contribution >= 0.6 is 12.4 Å². The first kappa shape index (κ1) is 19.6. The molecule has 0 aromatic rings. The first-order chi connectivity index (χ1) is 9.06. The molecule has 2 atom stereocenters. The Hall–Kier alpha value is -0.360. The Labute approximate surface area is 128 Å². The van der Waals surface area contributed by atoms with Crippen molar-refractivity contribution in [1.82, 2.24) is 4.90 Å². The molecule has 0 bridgehead atoms. The monoisotopic (exact) mass is 308 g/mol. The third-order valence-corrected chi connectivity index (χ3v) is 3.54. The van der Waals surface area contributed by atoms with Crippen molar-refractivity contribution >= 4 is 18.3 Å². The molecule has 0 saturated carbocycles. The number of methoxy groups -OCH3 is 1. The van der Waals surface area contributed by atoms with E-state index in [1.165, 1.54) is 0 Å². The number of halogens is 1. The smallest absolute Gasteiger partial charge is 0.225 e. The van der Waals surface area contributed by atoms with E-state index in [1.54, 1.807) is 7.11 Å². The number of likely N-dealkylation sites (tertiary alicyclic amines) is 1. The van der Waals surface area contributed by atoms with Crippen LogP contribution in [0.3, 0.4) is 0 Å². The summed E-state index contributed by atoms with van der Waals surface area (Å²) in [5.41, 5.74) is 5.53. The lowest BCUT2D eigenvalue weighted by molar-refractivity contribution is -0.133. The average molecular weight is 309 g/mol. The number of hydrogen-bond acceptors (Lipinski definition) is 4. The Balaban J connectivity index is 0.00000361. The summed E-state index contributed by atoms with van der Waals surface area (Å²) in [5, 5.41) is 0. The minimum atomic E-state index is -0.173. The average Bonchev–Trinajstić information content (AvgIpc) is 2.84. The van der Waals surface area contributed by atoms with Gasteiger partial charge in [-0.25, -0.2) is 0 Å². The number of hydrogen-bond donors (Lipinski definition) is 1. The molecule has 0 aliphatic carbocycles. The fourth-order valence-electron chi connectivity index (χ4n) is 2.15. The van der Waals surface area contributed by atoms with E-state index < -0.39 is 0 Å². The molecule has 120 valence electrons. The molecule has 0 spiro atoms. The van der Waals surface area contributed by atoms with Gasteiger partial charge >= 0.3 is 0 Å². The van der Waals surface area contributed by atoms with Gasteiger partial charge in [-0.15, -0.1) is 12.4 Å². The van der Waals surface area contributed by atoms with Crippen LogP contribution in [0.5, 0.6) is 0 Å². The van der Waals surface area contributed by atoms with Gasteiger partial charge in [-0.3, -0.25) is 4.79 Å². The summed E-state index contributed by atoms with van der Waals surface area (Å²) in [6.07, 6.45) is 2.40. The molecule has 5 nitrogen and oxygen atoms in total. The summed E-state index contributed by atoms with van der Waals surface area (Å²) in [6, 6.07) is 0. The fourth-order valence-corrected chi connectivity index (χ4v) is 2.15. The van der Waals surface area contributed by atoms with Crippen LogP contribution in [0, 0.1) is 5.92 Å². The largest absolute Gasteiger partial charge is 0.380 e. The van der Waals surface area contributed by atoms with E-state index in [1.807, 2.05) is 4.90 Å². The molecule has 20 heavy (non-hydrogen) atoms. The number of nitrogens with two attached hydrogens (primary N) is 1. The van der Waals surface area contributed by atoms with Crippen molar-refractivity contribution in [3.8, 4) is 0 Å². The van der Waals surface area contributed by atoms with E-state index in [2.05, 4.69) is 13.8 Å². The predicted octanol–water partition coefficient (Wildman–Crippen LogP) is 1.44. The van der Waals surface area contributed by atoms with Crippen LogP contribution in [-0.4, -0.2) is 56.4 Å². The highest BCUT2D eigenvalue weighted by atomic mass is 35.5. The van der Waals surface area contributed by atoms with Gasteiger partial charge in [0.15, 0.2) is 0 Å². The molecule has 0 aromatic heterocycles. The second-order valence-electron chi connectivity index (χ2n) is 5.60. The van der Waals surface area contributed by atoms with Crippen LogP contribution < -0.4 is 5.73 Å². The highest BCUT2D eigenvalue weighted by Gasteiger charge is 2.27. The Morgan fingerprint density at radius 1 is 1.45 bits per heavy atom. The quantitative estimate of drug-likeness (QED) is 0.737. The molecule has 6 heteroatoms. The number of carbonyl (C=O) groups is 1. The third-order valence-electron chi connectivity index (χ3n) is 3.54. The summed E-state index contributed by atoms with van der Waals surface area (Å²) in [6.45, 7) is 7.03. The van der Waals surface area contributed by atoms with Gasteiger partial charge in [0.2, 0.25) is 5.91 Å². The molecule has 1 saturated heterocycles. The van der Waals surface area contributed by atoms with Crippen molar-refractivity contribution in [2.45, 2.75) is 45.3 Å². The van der Waals surface area contributed by atoms with Gasteiger partial charge < -0.3 is 20.1 Å². The van der Waals surface area contributed by atoms with Gasteiger partial charge in [-0.05, 0) is 18.8 Å². The van der Waals surface area contributed by atoms with Crippen LogP contribution in [0.1, 0.15) is 33.1 Å². The topological polar surface area (TPSA) is 64.8 Å². The number of nitrogens with zero attached hydrogens (tertiary/aromatic N) is 1. The van der Waals surface area contributed by atoms with Gasteiger partial charge in [-0.1, -0.05) is 13.8 Å². The van der Waals surface area contributed by atoms with Crippen molar-refractivity contribution in [2.24, 2.45) is 11.7 Å². The molecular weight excluding hydrogens is 280 g/mol. The summed E-state index contributed by atoms with van der Waals surface area (Å²) in [7, 11) is 1.59. The minimum Gasteiger partial charge on any atom is -0.380 e. The highest BCUT2D eigenvalue weighted by Crippen LogP contribution is 2.15. The molecule has 1 rings (SSSR count). The molecule has 1 amide bonds. The maximum Gasteiger partial charge on any atom is 0.225 e. The van der Waals surface area contributed by atoms with Crippen LogP contribution in [0.2, 0.25) is 0 Å². The molecule has 1 aliphatic rings.